The molecule has 7 heteroatoms. The van der Waals surface area contributed by atoms with E-state index >= 15 is 0 Å². The molecule has 0 radical (unpaired) electrons. The van der Waals surface area contributed by atoms with Crippen molar-refractivity contribution in [2.24, 2.45) is 0 Å². The lowest BCUT2D eigenvalue weighted by molar-refractivity contribution is -0.385. The second-order valence-electron chi connectivity index (χ2n) is 4.21. The predicted octanol–water partition coefficient (Wildman–Crippen LogP) is 4.05. The molecule has 2 aromatic carbocycles. The lowest BCUT2D eigenvalue weighted by atomic mass is 10.2. The van der Waals surface area contributed by atoms with Crippen molar-refractivity contribution in [3.63, 3.8) is 0 Å². The summed E-state index contributed by atoms with van der Waals surface area (Å²) < 4.78 is 5.53. The molecule has 6 nitrogen and oxygen atoms in total. The molecule has 0 heterocycles. The number of ether oxygens (including phenoxy) is 1. The molecule has 0 aromatic heterocycles. The van der Waals surface area contributed by atoms with Crippen LogP contribution in [0.3, 0.4) is 0 Å². The number of nitro benzene ring substituents is 1. The molecule has 108 valence electrons. The molecule has 0 unspecified atom stereocenters. The van der Waals surface area contributed by atoms with Crippen molar-refractivity contribution in [3.8, 4) is 11.5 Å². The number of nitrogens with zero attached hydrogens (tertiary/aromatic N) is 1. The number of carboxylic acid groups (broad SMARTS) is 1. The first-order valence-electron chi connectivity index (χ1n) is 5.85. The van der Waals surface area contributed by atoms with E-state index in [9.17, 15) is 14.9 Å². The van der Waals surface area contributed by atoms with Crippen LogP contribution in [0.2, 0.25) is 5.02 Å². The molecule has 0 amide bonds. The minimum Gasteiger partial charge on any atom is -0.478 e. The summed E-state index contributed by atoms with van der Waals surface area (Å²) in [6, 6.07) is 8.57. The molecular weight excluding hydrogens is 298 g/mol. The average Bonchev–Trinajstić information content (AvgIpc) is 2.40. The van der Waals surface area contributed by atoms with Crippen molar-refractivity contribution in [1.82, 2.24) is 0 Å². The van der Waals surface area contributed by atoms with Crippen LogP contribution in [0.15, 0.2) is 36.4 Å². The van der Waals surface area contributed by atoms with Crippen LogP contribution in [-0.4, -0.2) is 16.0 Å². The summed E-state index contributed by atoms with van der Waals surface area (Å²) in [4.78, 5) is 21.2. The quantitative estimate of drug-likeness (QED) is 0.680. The summed E-state index contributed by atoms with van der Waals surface area (Å²) >= 11 is 5.84. The maximum Gasteiger partial charge on any atom is 0.337 e. The lowest BCUT2D eigenvalue weighted by Gasteiger charge is -2.09. The molecule has 0 atom stereocenters. The summed E-state index contributed by atoms with van der Waals surface area (Å²) in [5.74, 6) is -0.532. The van der Waals surface area contributed by atoms with Crippen LogP contribution < -0.4 is 4.74 Å². The van der Waals surface area contributed by atoms with Gasteiger partial charge in [0, 0.05) is 12.1 Å². The fourth-order valence-electron chi connectivity index (χ4n) is 1.77. The standard InChI is InChI=1S/C14H10ClNO5/c1-8-12(16(19)20)3-2-4-13(8)21-9-5-6-10(14(17)18)11(15)7-9/h2-7H,1H3,(H,17,18). The first kappa shape index (κ1) is 14.8. The highest BCUT2D eigenvalue weighted by atomic mass is 35.5. The summed E-state index contributed by atoms with van der Waals surface area (Å²) in [6.45, 7) is 1.57. The summed E-state index contributed by atoms with van der Waals surface area (Å²) in [5, 5.41) is 19.8. The van der Waals surface area contributed by atoms with Gasteiger partial charge in [-0.1, -0.05) is 17.7 Å². The summed E-state index contributed by atoms with van der Waals surface area (Å²) in [6.07, 6.45) is 0. The number of aromatic carboxylic acids is 1. The second kappa shape index (κ2) is 5.80. The number of benzene rings is 2. The molecule has 0 aliphatic heterocycles. The average molecular weight is 308 g/mol. The zero-order valence-electron chi connectivity index (χ0n) is 10.9. The van der Waals surface area contributed by atoms with Crippen LogP contribution in [0.4, 0.5) is 5.69 Å². The van der Waals surface area contributed by atoms with Gasteiger partial charge in [-0.3, -0.25) is 10.1 Å². The van der Waals surface area contributed by atoms with Gasteiger partial charge in [0.1, 0.15) is 11.5 Å². The number of hydrogen-bond donors (Lipinski definition) is 1. The molecule has 21 heavy (non-hydrogen) atoms. The third kappa shape index (κ3) is 3.11. The van der Waals surface area contributed by atoms with Crippen molar-refractivity contribution in [1.29, 1.82) is 0 Å². The number of carboxylic acids is 1. The Balaban J connectivity index is 2.35. The van der Waals surface area contributed by atoms with Gasteiger partial charge in [0.2, 0.25) is 0 Å². The maximum absolute atomic E-state index is 10.9. The molecule has 0 saturated carbocycles. The van der Waals surface area contributed by atoms with E-state index in [2.05, 4.69) is 0 Å². The van der Waals surface area contributed by atoms with Crippen LogP contribution in [-0.2, 0) is 0 Å². The zero-order chi connectivity index (χ0) is 15.6. The van der Waals surface area contributed by atoms with Crippen LogP contribution in [0, 0.1) is 17.0 Å². The Labute approximate surface area is 124 Å². The van der Waals surface area contributed by atoms with Crippen LogP contribution >= 0.6 is 11.6 Å². The smallest absolute Gasteiger partial charge is 0.337 e. The van der Waals surface area contributed by atoms with E-state index in [1.54, 1.807) is 13.0 Å². The minimum absolute atomic E-state index is 0.0306. The molecule has 0 aliphatic rings. The van der Waals surface area contributed by atoms with E-state index in [0.29, 0.717) is 17.1 Å². The molecule has 0 saturated heterocycles. The van der Waals surface area contributed by atoms with Gasteiger partial charge in [0.25, 0.3) is 5.69 Å². The number of nitro groups is 1. The summed E-state index contributed by atoms with van der Waals surface area (Å²) in [5.41, 5.74) is 0.279. The van der Waals surface area contributed by atoms with Crippen molar-refractivity contribution in [3.05, 3.63) is 62.7 Å². The van der Waals surface area contributed by atoms with Gasteiger partial charge in [-0.15, -0.1) is 0 Å². The number of hydrogen-bond acceptors (Lipinski definition) is 4. The number of carbonyl (C=O) groups is 1. The van der Waals surface area contributed by atoms with Gasteiger partial charge < -0.3 is 9.84 Å². The molecule has 0 bridgehead atoms. The summed E-state index contributed by atoms with van der Waals surface area (Å²) in [7, 11) is 0. The van der Waals surface area contributed by atoms with Gasteiger partial charge >= 0.3 is 5.97 Å². The first-order chi connectivity index (χ1) is 9.90. The molecule has 0 spiro atoms. The normalized spacial score (nSPS) is 10.2. The monoisotopic (exact) mass is 307 g/mol. The molecule has 2 aromatic rings. The molecule has 0 fully saturated rings. The highest BCUT2D eigenvalue weighted by Crippen LogP contribution is 2.32. The third-order valence-corrected chi connectivity index (χ3v) is 3.16. The largest absolute Gasteiger partial charge is 0.478 e. The van der Waals surface area contributed by atoms with Gasteiger partial charge in [0.15, 0.2) is 0 Å². The van der Waals surface area contributed by atoms with Crippen molar-refractivity contribution in [2.75, 3.05) is 0 Å². The third-order valence-electron chi connectivity index (χ3n) is 2.85. The van der Waals surface area contributed by atoms with Crippen molar-refractivity contribution < 1.29 is 19.6 Å². The SMILES string of the molecule is Cc1c(Oc2ccc(C(=O)O)c(Cl)c2)cccc1[N+](=O)[O-]. The van der Waals surface area contributed by atoms with E-state index in [-0.39, 0.29) is 16.3 Å². The Morgan fingerprint density at radius 1 is 1.33 bits per heavy atom. The van der Waals surface area contributed by atoms with Crippen molar-refractivity contribution in [2.45, 2.75) is 6.92 Å². The van der Waals surface area contributed by atoms with E-state index in [4.69, 9.17) is 21.4 Å². The van der Waals surface area contributed by atoms with Crippen molar-refractivity contribution >= 4 is 23.3 Å². The Bertz CT molecular complexity index is 729. The van der Waals surface area contributed by atoms with E-state index < -0.39 is 10.9 Å². The Kier molecular flexibility index (Phi) is 4.09. The van der Waals surface area contributed by atoms with E-state index in [1.807, 2.05) is 0 Å². The molecule has 0 aliphatic carbocycles. The van der Waals surface area contributed by atoms with Crippen LogP contribution in [0.25, 0.3) is 0 Å². The zero-order valence-corrected chi connectivity index (χ0v) is 11.6. The highest BCUT2D eigenvalue weighted by Gasteiger charge is 2.15. The second-order valence-corrected chi connectivity index (χ2v) is 4.61. The maximum atomic E-state index is 10.9. The number of rotatable bonds is 4. The van der Waals surface area contributed by atoms with Gasteiger partial charge in [-0.05, 0) is 25.1 Å². The first-order valence-corrected chi connectivity index (χ1v) is 6.22. The predicted molar refractivity (Wildman–Crippen MR) is 76.3 cm³/mol. The minimum atomic E-state index is -1.14. The highest BCUT2D eigenvalue weighted by molar-refractivity contribution is 6.33. The van der Waals surface area contributed by atoms with E-state index in [1.165, 1.54) is 30.3 Å². The van der Waals surface area contributed by atoms with Crippen LogP contribution in [0.1, 0.15) is 15.9 Å². The molecule has 2 rings (SSSR count). The molecule has 1 N–H and O–H groups in total. The topological polar surface area (TPSA) is 89.7 Å². The van der Waals surface area contributed by atoms with Gasteiger partial charge in [0.05, 0.1) is 21.1 Å². The fraction of sp³-hybridized carbons (Fsp3) is 0.0714. The van der Waals surface area contributed by atoms with E-state index in [0.717, 1.165) is 0 Å². The Morgan fingerprint density at radius 3 is 2.62 bits per heavy atom. The van der Waals surface area contributed by atoms with Gasteiger partial charge in [-0.25, -0.2) is 4.79 Å². The van der Waals surface area contributed by atoms with Crippen LogP contribution in [0.5, 0.6) is 11.5 Å². The fourth-order valence-corrected chi connectivity index (χ4v) is 2.02. The lowest BCUT2D eigenvalue weighted by Crippen LogP contribution is -1.98. The Hall–Kier alpha value is -2.60. The molecular formula is C14H10ClNO5. The Morgan fingerprint density at radius 2 is 2.05 bits per heavy atom. The number of halogens is 1. The van der Waals surface area contributed by atoms with Gasteiger partial charge in [-0.2, -0.15) is 0 Å².